The van der Waals surface area contributed by atoms with Gasteiger partial charge in [0.2, 0.25) is 0 Å². The van der Waals surface area contributed by atoms with E-state index in [2.05, 4.69) is 5.32 Å². The third kappa shape index (κ3) is 3.39. The van der Waals surface area contributed by atoms with Crippen LogP contribution in [0.4, 0.5) is 17.1 Å². The lowest BCUT2D eigenvalue weighted by molar-refractivity contribution is 0.602. The Morgan fingerprint density at radius 3 is 2.32 bits per heavy atom. The van der Waals surface area contributed by atoms with E-state index in [-0.39, 0.29) is 4.90 Å². The Morgan fingerprint density at radius 2 is 1.74 bits per heavy atom. The van der Waals surface area contributed by atoms with Crippen molar-refractivity contribution < 1.29 is 8.42 Å². The van der Waals surface area contributed by atoms with Crippen LogP contribution in [0.1, 0.15) is 0 Å². The van der Waals surface area contributed by atoms with Crippen LogP contribution >= 0.6 is 11.6 Å². The van der Waals surface area contributed by atoms with E-state index >= 15 is 0 Å². The Bertz CT molecular complexity index is 697. The minimum absolute atomic E-state index is 0.275. The van der Waals surface area contributed by atoms with Crippen LogP contribution < -0.4 is 11.1 Å². The minimum Gasteiger partial charge on any atom is -0.397 e. The summed E-state index contributed by atoms with van der Waals surface area (Å²) in [6.07, 6.45) is 1.17. The summed E-state index contributed by atoms with van der Waals surface area (Å²) in [4.78, 5) is 0.275. The summed E-state index contributed by atoms with van der Waals surface area (Å²) < 4.78 is 22.7. The second kappa shape index (κ2) is 5.11. The molecule has 19 heavy (non-hydrogen) atoms. The van der Waals surface area contributed by atoms with Crippen LogP contribution in [-0.2, 0) is 9.84 Å². The smallest absolute Gasteiger partial charge is 0.175 e. The molecule has 0 amide bonds. The van der Waals surface area contributed by atoms with Crippen molar-refractivity contribution in [2.24, 2.45) is 0 Å². The first-order valence-electron chi connectivity index (χ1n) is 5.48. The molecule has 0 saturated heterocycles. The van der Waals surface area contributed by atoms with E-state index in [1.54, 1.807) is 42.5 Å². The molecule has 0 aliphatic rings. The number of hydrogen-bond acceptors (Lipinski definition) is 4. The van der Waals surface area contributed by atoms with E-state index in [1.165, 1.54) is 6.26 Å². The Morgan fingerprint density at radius 1 is 1.11 bits per heavy atom. The number of nitrogen functional groups attached to an aromatic ring is 1. The van der Waals surface area contributed by atoms with Gasteiger partial charge in [0.1, 0.15) is 0 Å². The summed E-state index contributed by atoms with van der Waals surface area (Å²) in [6.45, 7) is 0. The number of anilines is 3. The average Bonchev–Trinajstić information content (AvgIpc) is 2.33. The topological polar surface area (TPSA) is 72.2 Å². The molecule has 0 fully saturated rings. The Kier molecular flexibility index (Phi) is 3.68. The predicted molar refractivity (Wildman–Crippen MR) is 78.7 cm³/mol. The molecule has 0 saturated carbocycles. The fraction of sp³-hybridized carbons (Fsp3) is 0.0769. The van der Waals surface area contributed by atoms with Crippen molar-refractivity contribution in [1.82, 2.24) is 0 Å². The van der Waals surface area contributed by atoms with E-state index in [4.69, 9.17) is 17.3 Å². The van der Waals surface area contributed by atoms with E-state index in [0.717, 1.165) is 5.69 Å². The maximum absolute atomic E-state index is 11.3. The maximum atomic E-state index is 11.3. The molecular weight excluding hydrogens is 284 g/mol. The van der Waals surface area contributed by atoms with Crippen molar-refractivity contribution in [3.63, 3.8) is 0 Å². The second-order valence-electron chi connectivity index (χ2n) is 4.15. The van der Waals surface area contributed by atoms with E-state index in [1.807, 2.05) is 0 Å². The van der Waals surface area contributed by atoms with Gasteiger partial charge in [-0.2, -0.15) is 0 Å². The molecule has 0 heterocycles. The van der Waals surface area contributed by atoms with Crippen LogP contribution in [0.25, 0.3) is 0 Å². The summed E-state index contributed by atoms with van der Waals surface area (Å²) in [5, 5.41) is 3.66. The van der Waals surface area contributed by atoms with Crippen LogP contribution in [0.2, 0.25) is 5.02 Å². The normalized spacial score (nSPS) is 11.3. The molecule has 3 N–H and O–H groups in total. The van der Waals surface area contributed by atoms with Gasteiger partial charge < -0.3 is 11.1 Å². The van der Waals surface area contributed by atoms with Crippen molar-refractivity contribution in [2.45, 2.75) is 4.90 Å². The first kappa shape index (κ1) is 13.7. The van der Waals surface area contributed by atoms with Gasteiger partial charge in [-0.1, -0.05) is 11.6 Å². The van der Waals surface area contributed by atoms with E-state index in [0.29, 0.717) is 16.4 Å². The Balaban J connectivity index is 2.27. The maximum Gasteiger partial charge on any atom is 0.175 e. The third-order valence-corrected chi connectivity index (χ3v) is 3.94. The number of nitrogens with one attached hydrogen (secondary N) is 1. The van der Waals surface area contributed by atoms with Gasteiger partial charge in [-0.25, -0.2) is 8.42 Å². The molecule has 0 aliphatic carbocycles. The highest BCUT2D eigenvalue weighted by Gasteiger charge is 2.06. The van der Waals surface area contributed by atoms with Crippen LogP contribution in [0, 0.1) is 0 Å². The zero-order valence-corrected chi connectivity index (χ0v) is 11.8. The summed E-state index contributed by atoms with van der Waals surface area (Å²) >= 11 is 5.89. The number of hydrogen-bond donors (Lipinski definition) is 2. The zero-order valence-electron chi connectivity index (χ0n) is 10.2. The van der Waals surface area contributed by atoms with Gasteiger partial charge in [0.25, 0.3) is 0 Å². The van der Waals surface area contributed by atoms with Crippen molar-refractivity contribution >= 4 is 38.5 Å². The highest BCUT2D eigenvalue weighted by atomic mass is 35.5. The summed E-state index contributed by atoms with van der Waals surface area (Å²) in [5.74, 6) is 0. The standard InChI is InChI=1S/C13H13ClN2O2S/c1-19(17,18)11-5-3-10(4-6-11)16-13-8-9(14)2-7-12(13)15/h2-8,16H,15H2,1H3. The van der Waals surface area contributed by atoms with Crippen molar-refractivity contribution in [1.29, 1.82) is 0 Å². The number of halogens is 1. The average molecular weight is 297 g/mol. The van der Waals surface area contributed by atoms with Gasteiger partial charge in [0.15, 0.2) is 9.84 Å². The van der Waals surface area contributed by atoms with Gasteiger partial charge in [0.05, 0.1) is 16.3 Å². The van der Waals surface area contributed by atoms with Gasteiger partial charge in [-0.05, 0) is 42.5 Å². The monoisotopic (exact) mass is 296 g/mol. The van der Waals surface area contributed by atoms with Gasteiger partial charge in [-0.15, -0.1) is 0 Å². The highest BCUT2D eigenvalue weighted by Crippen LogP contribution is 2.26. The first-order valence-corrected chi connectivity index (χ1v) is 7.75. The summed E-state index contributed by atoms with van der Waals surface area (Å²) in [5.41, 5.74) is 7.80. The highest BCUT2D eigenvalue weighted by molar-refractivity contribution is 7.90. The molecule has 2 aromatic rings. The third-order valence-electron chi connectivity index (χ3n) is 2.58. The second-order valence-corrected chi connectivity index (χ2v) is 6.61. The van der Waals surface area contributed by atoms with Gasteiger partial charge in [-0.3, -0.25) is 0 Å². The number of benzene rings is 2. The number of rotatable bonds is 3. The Hall–Kier alpha value is -1.72. The summed E-state index contributed by atoms with van der Waals surface area (Å²) in [6, 6.07) is 11.6. The van der Waals surface area contributed by atoms with Crippen LogP contribution in [0.3, 0.4) is 0 Å². The van der Waals surface area contributed by atoms with Crippen LogP contribution in [-0.4, -0.2) is 14.7 Å². The molecule has 4 nitrogen and oxygen atoms in total. The molecule has 6 heteroatoms. The first-order chi connectivity index (χ1) is 8.86. The molecular formula is C13H13ClN2O2S. The lowest BCUT2D eigenvalue weighted by Gasteiger charge is -2.10. The fourth-order valence-corrected chi connectivity index (χ4v) is 2.38. The van der Waals surface area contributed by atoms with Crippen molar-refractivity contribution in [3.05, 3.63) is 47.5 Å². The van der Waals surface area contributed by atoms with Crippen molar-refractivity contribution in [3.8, 4) is 0 Å². The SMILES string of the molecule is CS(=O)(=O)c1ccc(Nc2cc(Cl)ccc2N)cc1. The molecule has 2 rings (SSSR count). The lowest BCUT2D eigenvalue weighted by atomic mass is 10.2. The quantitative estimate of drug-likeness (QED) is 0.854. The molecule has 0 aliphatic heterocycles. The largest absolute Gasteiger partial charge is 0.397 e. The number of nitrogens with two attached hydrogens (primary N) is 1. The molecule has 0 radical (unpaired) electrons. The minimum atomic E-state index is -3.18. The zero-order chi connectivity index (χ0) is 14.0. The molecule has 100 valence electrons. The Labute approximate surface area is 117 Å². The summed E-state index contributed by atoms with van der Waals surface area (Å²) in [7, 11) is -3.18. The molecule has 0 bridgehead atoms. The van der Waals surface area contributed by atoms with E-state index in [9.17, 15) is 8.42 Å². The van der Waals surface area contributed by atoms with Crippen molar-refractivity contribution in [2.75, 3.05) is 17.3 Å². The predicted octanol–water partition coefficient (Wildman–Crippen LogP) is 3.07. The molecule has 0 aromatic heterocycles. The molecule has 0 spiro atoms. The van der Waals surface area contributed by atoms with Gasteiger partial charge in [0, 0.05) is 17.0 Å². The molecule has 0 unspecified atom stereocenters. The molecule has 0 atom stereocenters. The lowest BCUT2D eigenvalue weighted by Crippen LogP contribution is -1.98. The van der Waals surface area contributed by atoms with E-state index < -0.39 is 9.84 Å². The molecule has 2 aromatic carbocycles. The van der Waals surface area contributed by atoms with Crippen LogP contribution in [0.15, 0.2) is 47.4 Å². The van der Waals surface area contributed by atoms with Crippen LogP contribution in [0.5, 0.6) is 0 Å². The van der Waals surface area contributed by atoms with Gasteiger partial charge >= 0.3 is 0 Å². The fourth-order valence-electron chi connectivity index (χ4n) is 1.58. The number of sulfone groups is 1.